The first kappa shape index (κ1) is 12.1. The van der Waals surface area contributed by atoms with Crippen LogP contribution in [0.5, 0.6) is 11.5 Å². The summed E-state index contributed by atoms with van der Waals surface area (Å²) < 4.78 is 16.2. The largest absolute Gasteiger partial charge is 0.497 e. The van der Waals surface area contributed by atoms with Crippen molar-refractivity contribution >= 4 is 0 Å². The fourth-order valence-electron chi connectivity index (χ4n) is 2.68. The molecule has 2 aromatic carbocycles. The highest BCUT2D eigenvalue weighted by Crippen LogP contribution is 2.47. The van der Waals surface area contributed by atoms with Gasteiger partial charge in [-0.25, -0.2) is 0 Å². The number of methoxy groups -OCH3 is 3. The fourth-order valence-corrected chi connectivity index (χ4v) is 2.68. The summed E-state index contributed by atoms with van der Waals surface area (Å²) in [5.41, 5.74) is 4.69. The maximum atomic E-state index is 5.65. The van der Waals surface area contributed by atoms with E-state index in [-0.39, 0.29) is 6.10 Å². The van der Waals surface area contributed by atoms with Gasteiger partial charge in [-0.05, 0) is 46.5 Å². The Balaban J connectivity index is 2.19. The van der Waals surface area contributed by atoms with Crippen molar-refractivity contribution < 1.29 is 14.2 Å². The number of hydrogen-bond acceptors (Lipinski definition) is 3. The van der Waals surface area contributed by atoms with Gasteiger partial charge in [-0.3, -0.25) is 0 Å². The Kier molecular flexibility index (Phi) is 2.91. The number of benzene rings is 2. The van der Waals surface area contributed by atoms with Gasteiger partial charge < -0.3 is 14.2 Å². The molecule has 0 aromatic heterocycles. The Hall–Kier alpha value is -2.00. The molecule has 1 aliphatic rings. The lowest BCUT2D eigenvalue weighted by Crippen LogP contribution is -1.99. The molecular formula is C16H16O3. The van der Waals surface area contributed by atoms with Crippen LogP contribution in [-0.4, -0.2) is 21.3 Å². The average Bonchev–Trinajstić information content (AvgIpc) is 2.78. The van der Waals surface area contributed by atoms with Crippen LogP contribution in [0.2, 0.25) is 0 Å². The second kappa shape index (κ2) is 4.59. The lowest BCUT2D eigenvalue weighted by molar-refractivity contribution is 0.139. The Morgan fingerprint density at radius 3 is 1.58 bits per heavy atom. The first-order valence-corrected chi connectivity index (χ1v) is 6.17. The molecule has 0 bridgehead atoms. The first-order valence-electron chi connectivity index (χ1n) is 6.17. The highest BCUT2D eigenvalue weighted by molar-refractivity contribution is 5.79. The summed E-state index contributed by atoms with van der Waals surface area (Å²) in [6.45, 7) is 0. The standard InChI is InChI=1S/C16H16O3/c1-17-10-4-6-12-13-7-5-11(18-2)9-15(13)16(19-3)14(12)8-10/h4-9,16H,1-3H3. The Morgan fingerprint density at radius 1 is 0.737 bits per heavy atom. The smallest absolute Gasteiger partial charge is 0.119 e. The second-order valence-corrected chi connectivity index (χ2v) is 4.52. The van der Waals surface area contributed by atoms with E-state index in [0.717, 1.165) is 22.6 Å². The van der Waals surface area contributed by atoms with Crippen molar-refractivity contribution in [2.75, 3.05) is 21.3 Å². The van der Waals surface area contributed by atoms with Crippen LogP contribution in [0.25, 0.3) is 11.1 Å². The minimum absolute atomic E-state index is 0.0600. The topological polar surface area (TPSA) is 27.7 Å². The molecule has 0 atom stereocenters. The third kappa shape index (κ3) is 1.78. The van der Waals surface area contributed by atoms with Crippen molar-refractivity contribution in [2.24, 2.45) is 0 Å². The highest BCUT2D eigenvalue weighted by atomic mass is 16.5. The monoisotopic (exact) mass is 256 g/mol. The third-order valence-electron chi connectivity index (χ3n) is 3.61. The normalized spacial score (nSPS) is 13.0. The van der Waals surface area contributed by atoms with Gasteiger partial charge in [0.05, 0.1) is 14.2 Å². The second-order valence-electron chi connectivity index (χ2n) is 4.52. The van der Waals surface area contributed by atoms with Gasteiger partial charge in [-0.2, -0.15) is 0 Å². The van der Waals surface area contributed by atoms with Crippen molar-refractivity contribution in [3.8, 4) is 22.6 Å². The number of rotatable bonds is 3. The first-order chi connectivity index (χ1) is 9.28. The van der Waals surface area contributed by atoms with Crippen LogP contribution in [0.4, 0.5) is 0 Å². The molecule has 0 saturated heterocycles. The molecule has 0 N–H and O–H groups in total. The molecule has 0 fully saturated rings. The predicted octanol–water partition coefficient (Wildman–Crippen LogP) is 3.42. The van der Waals surface area contributed by atoms with Crippen molar-refractivity contribution in [1.82, 2.24) is 0 Å². The van der Waals surface area contributed by atoms with E-state index in [4.69, 9.17) is 14.2 Å². The predicted molar refractivity (Wildman–Crippen MR) is 73.8 cm³/mol. The van der Waals surface area contributed by atoms with Gasteiger partial charge in [-0.1, -0.05) is 12.1 Å². The Labute approximate surface area is 112 Å². The van der Waals surface area contributed by atoms with E-state index in [1.54, 1.807) is 21.3 Å². The van der Waals surface area contributed by atoms with Gasteiger partial charge in [0.1, 0.15) is 17.6 Å². The van der Waals surface area contributed by atoms with E-state index in [1.165, 1.54) is 11.1 Å². The molecule has 19 heavy (non-hydrogen) atoms. The molecule has 3 heteroatoms. The molecule has 0 saturated carbocycles. The van der Waals surface area contributed by atoms with Crippen LogP contribution in [-0.2, 0) is 4.74 Å². The van der Waals surface area contributed by atoms with E-state index in [9.17, 15) is 0 Å². The van der Waals surface area contributed by atoms with Gasteiger partial charge in [0.2, 0.25) is 0 Å². The Bertz CT molecular complexity index is 566. The van der Waals surface area contributed by atoms with Crippen molar-refractivity contribution in [2.45, 2.75) is 6.10 Å². The average molecular weight is 256 g/mol. The molecule has 0 spiro atoms. The van der Waals surface area contributed by atoms with Gasteiger partial charge in [0.15, 0.2) is 0 Å². The van der Waals surface area contributed by atoms with Crippen LogP contribution in [0.3, 0.4) is 0 Å². The lowest BCUT2D eigenvalue weighted by atomic mass is 10.1. The van der Waals surface area contributed by atoms with Gasteiger partial charge >= 0.3 is 0 Å². The summed E-state index contributed by atoms with van der Waals surface area (Å²) in [6, 6.07) is 12.2. The van der Waals surface area contributed by atoms with E-state index in [0.29, 0.717) is 0 Å². The number of fused-ring (bicyclic) bond motifs is 3. The minimum atomic E-state index is -0.0600. The number of ether oxygens (including phenoxy) is 3. The van der Waals surface area contributed by atoms with E-state index < -0.39 is 0 Å². The van der Waals surface area contributed by atoms with Crippen molar-refractivity contribution in [3.05, 3.63) is 47.5 Å². The summed E-state index contributed by atoms with van der Waals surface area (Å²) in [5.74, 6) is 1.70. The zero-order valence-electron chi connectivity index (χ0n) is 11.3. The van der Waals surface area contributed by atoms with Crippen molar-refractivity contribution in [3.63, 3.8) is 0 Å². The molecule has 3 rings (SSSR count). The Morgan fingerprint density at radius 2 is 1.21 bits per heavy atom. The summed E-state index contributed by atoms with van der Waals surface area (Å²) in [5, 5.41) is 0. The molecular weight excluding hydrogens is 240 g/mol. The summed E-state index contributed by atoms with van der Waals surface area (Å²) in [6.07, 6.45) is -0.0600. The third-order valence-corrected chi connectivity index (χ3v) is 3.61. The number of hydrogen-bond donors (Lipinski definition) is 0. The molecule has 1 aliphatic carbocycles. The molecule has 0 aliphatic heterocycles. The summed E-state index contributed by atoms with van der Waals surface area (Å²) in [4.78, 5) is 0. The van der Waals surface area contributed by atoms with E-state index in [2.05, 4.69) is 12.1 Å². The molecule has 0 unspecified atom stereocenters. The lowest BCUT2D eigenvalue weighted by Gasteiger charge is -2.12. The fraction of sp³-hybridized carbons (Fsp3) is 0.250. The van der Waals surface area contributed by atoms with Crippen LogP contribution < -0.4 is 9.47 Å². The quantitative estimate of drug-likeness (QED) is 0.842. The molecule has 98 valence electrons. The SMILES string of the molecule is COc1ccc2c(c1)C(OC)c1cc(OC)ccc1-2. The van der Waals surface area contributed by atoms with Gasteiger partial charge in [0, 0.05) is 7.11 Å². The van der Waals surface area contributed by atoms with Crippen LogP contribution in [0.1, 0.15) is 17.2 Å². The minimum Gasteiger partial charge on any atom is -0.497 e. The maximum absolute atomic E-state index is 5.65. The molecule has 3 nitrogen and oxygen atoms in total. The maximum Gasteiger partial charge on any atom is 0.119 e. The van der Waals surface area contributed by atoms with Gasteiger partial charge in [-0.15, -0.1) is 0 Å². The molecule has 0 heterocycles. The van der Waals surface area contributed by atoms with Gasteiger partial charge in [0.25, 0.3) is 0 Å². The molecule has 0 amide bonds. The summed E-state index contributed by atoms with van der Waals surface area (Å²) in [7, 11) is 5.08. The van der Waals surface area contributed by atoms with Crippen LogP contribution in [0.15, 0.2) is 36.4 Å². The van der Waals surface area contributed by atoms with E-state index >= 15 is 0 Å². The molecule has 0 radical (unpaired) electrons. The van der Waals surface area contributed by atoms with Crippen LogP contribution >= 0.6 is 0 Å². The zero-order chi connectivity index (χ0) is 13.4. The molecule has 2 aromatic rings. The highest BCUT2D eigenvalue weighted by Gasteiger charge is 2.29. The van der Waals surface area contributed by atoms with Crippen molar-refractivity contribution in [1.29, 1.82) is 0 Å². The van der Waals surface area contributed by atoms with E-state index in [1.807, 2.05) is 24.3 Å². The zero-order valence-corrected chi connectivity index (χ0v) is 11.3. The summed E-state index contributed by atoms with van der Waals surface area (Å²) >= 11 is 0. The van der Waals surface area contributed by atoms with Crippen LogP contribution in [0, 0.1) is 0 Å².